The maximum absolute atomic E-state index is 11.5. The molecule has 0 aliphatic carbocycles. The summed E-state index contributed by atoms with van der Waals surface area (Å²) in [4.78, 5) is 11.5. The van der Waals surface area contributed by atoms with E-state index in [2.05, 4.69) is 5.32 Å². The lowest BCUT2D eigenvalue weighted by Crippen LogP contribution is -2.57. The second-order valence-electron chi connectivity index (χ2n) is 6.00. The Bertz CT molecular complexity index is 395. The quantitative estimate of drug-likeness (QED) is 0.843. The normalized spacial score (nSPS) is 15.1. The highest BCUT2D eigenvalue weighted by Crippen LogP contribution is 2.18. The Balaban J connectivity index is 2.72. The molecule has 2 N–H and O–H groups in total. The van der Waals surface area contributed by atoms with E-state index >= 15 is 0 Å². The molecule has 0 fully saturated rings. The van der Waals surface area contributed by atoms with Crippen molar-refractivity contribution in [1.29, 1.82) is 0 Å². The van der Waals surface area contributed by atoms with Gasteiger partial charge in [-0.05, 0) is 46.1 Å². The summed E-state index contributed by atoms with van der Waals surface area (Å²) in [5.74, 6) is -0.798. The molecule has 100 valence electrons. The van der Waals surface area contributed by atoms with Crippen LogP contribution in [-0.2, 0) is 11.2 Å². The molecule has 0 aliphatic heterocycles. The number of hydrogen-bond acceptors (Lipinski definition) is 2. The Kier molecular flexibility index (Phi) is 4.52. The summed E-state index contributed by atoms with van der Waals surface area (Å²) in [6, 6.07) is 9.97. The average molecular weight is 249 g/mol. The maximum Gasteiger partial charge on any atom is 0.323 e. The monoisotopic (exact) mass is 249 g/mol. The molecule has 3 nitrogen and oxygen atoms in total. The van der Waals surface area contributed by atoms with Crippen LogP contribution < -0.4 is 5.32 Å². The third-order valence-corrected chi connectivity index (χ3v) is 2.88. The Morgan fingerprint density at radius 3 is 2.17 bits per heavy atom. The van der Waals surface area contributed by atoms with Crippen molar-refractivity contribution in [3.05, 3.63) is 35.9 Å². The molecular weight excluding hydrogens is 226 g/mol. The smallest absolute Gasteiger partial charge is 0.323 e. The van der Waals surface area contributed by atoms with Crippen LogP contribution in [-0.4, -0.2) is 22.2 Å². The van der Waals surface area contributed by atoms with Gasteiger partial charge in [0, 0.05) is 5.54 Å². The number of benzene rings is 1. The topological polar surface area (TPSA) is 49.3 Å². The number of aryl methyl sites for hydroxylation is 1. The molecule has 1 atom stereocenters. The Morgan fingerprint density at radius 1 is 1.17 bits per heavy atom. The number of hydrogen-bond donors (Lipinski definition) is 2. The van der Waals surface area contributed by atoms with Crippen LogP contribution >= 0.6 is 0 Å². The number of rotatable bonds is 5. The van der Waals surface area contributed by atoms with Gasteiger partial charge >= 0.3 is 5.97 Å². The van der Waals surface area contributed by atoms with Crippen LogP contribution in [0.2, 0.25) is 0 Å². The van der Waals surface area contributed by atoms with Crippen LogP contribution in [0.5, 0.6) is 0 Å². The minimum absolute atomic E-state index is 0.218. The Labute approximate surface area is 109 Å². The second kappa shape index (κ2) is 5.53. The number of carboxylic acids is 1. The lowest BCUT2D eigenvalue weighted by molar-refractivity contribution is -0.145. The summed E-state index contributed by atoms with van der Waals surface area (Å²) >= 11 is 0. The van der Waals surface area contributed by atoms with Gasteiger partial charge < -0.3 is 5.11 Å². The molecule has 0 aromatic heterocycles. The van der Waals surface area contributed by atoms with Crippen LogP contribution in [0.3, 0.4) is 0 Å². The zero-order valence-corrected chi connectivity index (χ0v) is 11.7. The van der Waals surface area contributed by atoms with Crippen LogP contribution in [0.15, 0.2) is 30.3 Å². The Hall–Kier alpha value is -1.35. The molecule has 0 aliphatic rings. The van der Waals surface area contributed by atoms with E-state index in [1.54, 1.807) is 6.92 Å². The Morgan fingerprint density at radius 2 is 1.72 bits per heavy atom. The van der Waals surface area contributed by atoms with E-state index in [0.717, 1.165) is 6.42 Å². The van der Waals surface area contributed by atoms with Crippen molar-refractivity contribution in [1.82, 2.24) is 5.32 Å². The SMILES string of the molecule is CC(C)(C)NC(C)(CCc1ccccc1)C(=O)O. The minimum Gasteiger partial charge on any atom is -0.480 e. The molecule has 1 aromatic rings. The van der Waals surface area contributed by atoms with Gasteiger partial charge in [-0.2, -0.15) is 0 Å². The molecule has 0 bridgehead atoms. The van der Waals surface area contributed by atoms with Gasteiger partial charge in [-0.25, -0.2) is 0 Å². The fraction of sp³-hybridized carbons (Fsp3) is 0.533. The predicted octanol–water partition coefficient (Wildman–Crippen LogP) is 2.85. The summed E-state index contributed by atoms with van der Waals surface area (Å²) in [7, 11) is 0. The van der Waals surface area contributed by atoms with Crippen molar-refractivity contribution >= 4 is 5.97 Å². The van der Waals surface area contributed by atoms with Crippen molar-refractivity contribution in [2.45, 2.75) is 51.6 Å². The van der Waals surface area contributed by atoms with E-state index in [1.165, 1.54) is 5.56 Å². The molecule has 1 unspecified atom stereocenters. The first-order chi connectivity index (χ1) is 8.23. The molecule has 3 heteroatoms. The molecule has 0 saturated heterocycles. The van der Waals surface area contributed by atoms with Gasteiger partial charge in [0.05, 0.1) is 0 Å². The summed E-state index contributed by atoms with van der Waals surface area (Å²) in [6.07, 6.45) is 1.33. The summed E-state index contributed by atoms with van der Waals surface area (Å²) in [6.45, 7) is 7.70. The van der Waals surface area contributed by atoms with Gasteiger partial charge in [-0.3, -0.25) is 10.1 Å². The molecule has 1 aromatic carbocycles. The van der Waals surface area contributed by atoms with Gasteiger partial charge in [-0.1, -0.05) is 30.3 Å². The molecule has 0 heterocycles. The van der Waals surface area contributed by atoms with Gasteiger partial charge in [0.15, 0.2) is 0 Å². The molecule has 0 radical (unpaired) electrons. The molecule has 1 rings (SSSR count). The summed E-state index contributed by atoms with van der Waals surface area (Å²) < 4.78 is 0. The highest BCUT2D eigenvalue weighted by atomic mass is 16.4. The molecule has 18 heavy (non-hydrogen) atoms. The number of carbonyl (C=O) groups is 1. The van der Waals surface area contributed by atoms with E-state index in [9.17, 15) is 9.90 Å². The maximum atomic E-state index is 11.5. The van der Waals surface area contributed by atoms with Crippen LogP contribution in [0.1, 0.15) is 39.7 Å². The van der Waals surface area contributed by atoms with Crippen molar-refractivity contribution in [3.63, 3.8) is 0 Å². The van der Waals surface area contributed by atoms with Gasteiger partial charge in [-0.15, -0.1) is 0 Å². The summed E-state index contributed by atoms with van der Waals surface area (Å²) in [5, 5.41) is 12.6. The van der Waals surface area contributed by atoms with Crippen LogP contribution in [0, 0.1) is 0 Å². The number of aliphatic carboxylic acids is 1. The van der Waals surface area contributed by atoms with E-state index in [1.807, 2.05) is 51.1 Å². The lowest BCUT2D eigenvalue weighted by atomic mass is 9.90. The fourth-order valence-corrected chi connectivity index (χ4v) is 2.09. The van der Waals surface area contributed by atoms with E-state index in [0.29, 0.717) is 6.42 Å². The van der Waals surface area contributed by atoms with Crippen molar-refractivity contribution in [2.75, 3.05) is 0 Å². The second-order valence-corrected chi connectivity index (χ2v) is 6.00. The van der Waals surface area contributed by atoms with Crippen molar-refractivity contribution in [2.24, 2.45) is 0 Å². The van der Waals surface area contributed by atoms with Gasteiger partial charge in [0.1, 0.15) is 5.54 Å². The first-order valence-electron chi connectivity index (χ1n) is 6.30. The number of nitrogens with one attached hydrogen (secondary N) is 1. The first kappa shape index (κ1) is 14.7. The third kappa shape index (κ3) is 4.49. The summed E-state index contributed by atoms with van der Waals surface area (Å²) in [5.41, 5.74) is 0.0541. The van der Waals surface area contributed by atoms with E-state index < -0.39 is 11.5 Å². The average Bonchev–Trinajstić information content (AvgIpc) is 2.25. The van der Waals surface area contributed by atoms with Crippen LogP contribution in [0.25, 0.3) is 0 Å². The molecular formula is C15H23NO2. The molecule has 0 amide bonds. The van der Waals surface area contributed by atoms with Crippen molar-refractivity contribution < 1.29 is 9.90 Å². The highest BCUT2D eigenvalue weighted by Gasteiger charge is 2.35. The fourth-order valence-electron chi connectivity index (χ4n) is 2.09. The van der Waals surface area contributed by atoms with E-state index in [4.69, 9.17) is 0 Å². The predicted molar refractivity (Wildman–Crippen MR) is 73.7 cm³/mol. The van der Waals surface area contributed by atoms with Crippen molar-refractivity contribution in [3.8, 4) is 0 Å². The standard InChI is InChI=1S/C15H23NO2/c1-14(2,3)16-15(4,13(17)18)11-10-12-8-6-5-7-9-12/h5-9,16H,10-11H2,1-4H3,(H,17,18). The van der Waals surface area contributed by atoms with E-state index in [-0.39, 0.29) is 5.54 Å². The molecule has 0 spiro atoms. The third-order valence-electron chi connectivity index (χ3n) is 2.88. The lowest BCUT2D eigenvalue weighted by Gasteiger charge is -2.34. The zero-order chi connectivity index (χ0) is 13.8. The number of carboxylic acid groups (broad SMARTS) is 1. The largest absolute Gasteiger partial charge is 0.480 e. The zero-order valence-electron chi connectivity index (χ0n) is 11.7. The minimum atomic E-state index is -0.895. The van der Waals surface area contributed by atoms with Gasteiger partial charge in [0.2, 0.25) is 0 Å². The van der Waals surface area contributed by atoms with Crippen LogP contribution in [0.4, 0.5) is 0 Å². The highest BCUT2D eigenvalue weighted by molar-refractivity contribution is 5.78. The molecule has 0 saturated carbocycles. The first-order valence-corrected chi connectivity index (χ1v) is 6.30. The van der Waals surface area contributed by atoms with Gasteiger partial charge in [0.25, 0.3) is 0 Å².